The van der Waals surface area contributed by atoms with Gasteiger partial charge in [-0.3, -0.25) is 9.78 Å². The average Bonchev–Trinajstić information content (AvgIpc) is 2.54. The molecule has 2 rings (SSSR count). The van der Waals surface area contributed by atoms with E-state index in [4.69, 9.17) is 5.11 Å². The lowest BCUT2D eigenvalue weighted by Gasteiger charge is -2.13. The van der Waals surface area contributed by atoms with Crippen LogP contribution in [0.1, 0.15) is 42.6 Å². The van der Waals surface area contributed by atoms with E-state index in [9.17, 15) is 4.79 Å². The Morgan fingerprint density at radius 3 is 3.00 bits per heavy atom. The van der Waals surface area contributed by atoms with Crippen molar-refractivity contribution in [2.24, 2.45) is 0 Å². The molecule has 3 N–H and O–H groups in total. The zero-order chi connectivity index (χ0) is 14.9. The lowest BCUT2D eigenvalue weighted by atomic mass is 9.97. The van der Waals surface area contributed by atoms with E-state index < -0.39 is 0 Å². The molecular weight excluding hydrogens is 266 g/mol. The zero-order valence-electron chi connectivity index (χ0n) is 12.3. The van der Waals surface area contributed by atoms with Gasteiger partial charge in [0.2, 0.25) is 0 Å². The van der Waals surface area contributed by atoms with Gasteiger partial charge in [-0.15, -0.1) is 0 Å². The molecule has 1 aliphatic rings. The van der Waals surface area contributed by atoms with Gasteiger partial charge in [0, 0.05) is 25.0 Å². The highest BCUT2D eigenvalue weighted by molar-refractivity contribution is 5.93. The molecule has 114 valence electrons. The van der Waals surface area contributed by atoms with Gasteiger partial charge in [-0.1, -0.05) is 11.6 Å². The first-order chi connectivity index (χ1) is 10.3. The van der Waals surface area contributed by atoms with Crippen LogP contribution in [0.2, 0.25) is 0 Å². The number of allylic oxidation sites excluding steroid dienone is 1. The molecule has 0 aromatic carbocycles. The minimum absolute atomic E-state index is 0.0706. The maximum atomic E-state index is 11.8. The Morgan fingerprint density at radius 1 is 1.33 bits per heavy atom. The summed E-state index contributed by atoms with van der Waals surface area (Å²) in [6.45, 7) is 1.04. The van der Waals surface area contributed by atoms with Crippen molar-refractivity contribution in [1.29, 1.82) is 0 Å². The fourth-order valence-electron chi connectivity index (χ4n) is 2.42. The van der Waals surface area contributed by atoms with Crippen molar-refractivity contribution in [1.82, 2.24) is 10.3 Å². The van der Waals surface area contributed by atoms with Gasteiger partial charge in [-0.25, -0.2) is 0 Å². The quantitative estimate of drug-likeness (QED) is 0.672. The molecule has 0 unspecified atom stereocenters. The van der Waals surface area contributed by atoms with Gasteiger partial charge in [-0.2, -0.15) is 0 Å². The number of aliphatic hydroxyl groups is 1. The summed E-state index contributed by atoms with van der Waals surface area (Å²) in [5.74, 6) is -0.261. The average molecular weight is 289 g/mol. The lowest BCUT2D eigenvalue weighted by molar-refractivity contribution is 0.0940. The van der Waals surface area contributed by atoms with Gasteiger partial charge in [0.15, 0.2) is 0 Å². The SMILES string of the molecule is O=C(NCCO)c1cc(NCCC2=CCCCC2)ccn1. The van der Waals surface area contributed by atoms with Crippen LogP contribution in [0.25, 0.3) is 0 Å². The van der Waals surface area contributed by atoms with Crippen LogP contribution in [0.4, 0.5) is 5.69 Å². The summed E-state index contributed by atoms with van der Waals surface area (Å²) in [6.07, 6.45) is 10.1. The number of anilines is 1. The molecule has 0 atom stereocenters. The lowest BCUT2D eigenvalue weighted by Crippen LogP contribution is -2.27. The minimum atomic E-state index is -0.261. The molecule has 0 radical (unpaired) electrons. The molecule has 0 bridgehead atoms. The third-order valence-corrected chi connectivity index (χ3v) is 3.55. The second-order valence-corrected chi connectivity index (χ2v) is 5.19. The van der Waals surface area contributed by atoms with E-state index in [2.05, 4.69) is 21.7 Å². The molecule has 1 aromatic heterocycles. The van der Waals surface area contributed by atoms with E-state index in [1.54, 1.807) is 12.3 Å². The highest BCUT2D eigenvalue weighted by Crippen LogP contribution is 2.20. The molecular formula is C16H23N3O2. The molecule has 5 nitrogen and oxygen atoms in total. The second kappa shape index (κ2) is 8.42. The van der Waals surface area contributed by atoms with Crippen LogP contribution in [0.3, 0.4) is 0 Å². The number of carbonyl (C=O) groups is 1. The number of hydrogen-bond acceptors (Lipinski definition) is 4. The molecule has 0 saturated carbocycles. The van der Waals surface area contributed by atoms with E-state index in [0.717, 1.165) is 18.7 Å². The summed E-state index contributed by atoms with van der Waals surface area (Å²) in [7, 11) is 0. The normalized spacial score (nSPS) is 14.4. The van der Waals surface area contributed by atoms with Gasteiger partial charge >= 0.3 is 0 Å². The highest BCUT2D eigenvalue weighted by Gasteiger charge is 2.07. The smallest absolute Gasteiger partial charge is 0.270 e. The van der Waals surface area contributed by atoms with Crippen molar-refractivity contribution < 1.29 is 9.90 Å². The highest BCUT2D eigenvalue weighted by atomic mass is 16.3. The van der Waals surface area contributed by atoms with Crippen LogP contribution >= 0.6 is 0 Å². The fourth-order valence-corrected chi connectivity index (χ4v) is 2.42. The number of nitrogens with one attached hydrogen (secondary N) is 2. The molecule has 1 aromatic rings. The van der Waals surface area contributed by atoms with Crippen molar-refractivity contribution in [2.45, 2.75) is 32.1 Å². The Hall–Kier alpha value is -1.88. The largest absolute Gasteiger partial charge is 0.395 e. The number of rotatable bonds is 7. The Labute approximate surface area is 125 Å². The van der Waals surface area contributed by atoms with Gasteiger partial charge in [-0.05, 0) is 44.2 Å². The molecule has 0 aliphatic heterocycles. The number of amides is 1. The van der Waals surface area contributed by atoms with Gasteiger partial charge in [0.05, 0.1) is 6.61 Å². The summed E-state index contributed by atoms with van der Waals surface area (Å²) >= 11 is 0. The van der Waals surface area contributed by atoms with Gasteiger partial charge < -0.3 is 15.7 Å². The van der Waals surface area contributed by atoms with Crippen LogP contribution < -0.4 is 10.6 Å². The van der Waals surface area contributed by atoms with Gasteiger partial charge in [0.1, 0.15) is 5.69 Å². The standard InChI is InChI=1S/C16H23N3O2/c20-11-10-19-16(21)15-12-14(7-9-18-15)17-8-6-13-4-2-1-3-5-13/h4,7,9,12,20H,1-3,5-6,8,10-11H2,(H,17,18)(H,19,21). The molecule has 1 amide bonds. The first-order valence-electron chi connectivity index (χ1n) is 7.56. The predicted molar refractivity (Wildman–Crippen MR) is 83.3 cm³/mol. The summed E-state index contributed by atoms with van der Waals surface area (Å²) < 4.78 is 0. The van der Waals surface area contributed by atoms with E-state index in [1.807, 2.05) is 6.07 Å². The van der Waals surface area contributed by atoms with Crippen molar-refractivity contribution >= 4 is 11.6 Å². The molecule has 5 heteroatoms. The molecule has 0 spiro atoms. The first kappa shape index (κ1) is 15.5. The number of aromatic nitrogens is 1. The van der Waals surface area contributed by atoms with Crippen molar-refractivity contribution in [3.8, 4) is 0 Å². The van der Waals surface area contributed by atoms with Crippen LogP contribution in [0.15, 0.2) is 30.0 Å². The van der Waals surface area contributed by atoms with Crippen molar-refractivity contribution in [3.05, 3.63) is 35.7 Å². The first-order valence-corrected chi connectivity index (χ1v) is 7.56. The Balaban J connectivity index is 1.83. The zero-order valence-corrected chi connectivity index (χ0v) is 12.3. The van der Waals surface area contributed by atoms with Crippen LogP contribution in [0, 0.1) is 0 Å². The maximum absolute atomic E-state index is 11.8. The van der Waals surface area contributed by atoms with Crippen LogP contribution in [-0.4, -0.2) is 35.7 Å². The molecule has 21 heavy (non-hydrogen) atoms. The topological polar surface area (TPSA) is 74.2 Å². The third kappa shape index (κ3) is 5.19. The number of pyridine rings is 1. The summed E-state index contributed by atoms with van der Waals surface area (Å²) in [4.78, 5) is 15.8. The minimum Gasteiger partial charge on any atom is -0.395 e. The monoisotopic (exact) mass is 289 g/mol. The third-order valence-electron chi connectivity index (χ3n) is 3.55. The number of aliphatic hydroxyl groups excluding tert-OH is 1. The molecule has 1 aliphatic carbocycles. The molecule has 1 heterocycles. The van der Waals surface area contributed by atoms with E-state index >= 15 is 0 Å². The fraction of sp³-hybridized carbons (Fsp3) is 0.500. The van der Waals surface area contributed by atoms with Crippen molar-refractivity contribution in [3.63, 3.8) is 0 Å². The van der Waals surface area contributed by atoms with Gasteiger partial charge in [0.25, 0.3) is 5.91 Å². The van der Waals surface area contributed by atoms with E-state index in [-0.39, 0.29) is 19.1 Å². The Bertz CT molecular complexity index is 500. The Kier molecular flexibility index (Phi) is 6.22. The molecule has 0 saturated heterocycles. The summed E-state index contributed by atoms with van der Waals surface area (Å²) in [6, 6.07) is 3.60. The maximum Gasteiger partial charge on any atom is 0.270 e. The van der Waals surface area contributed by atoms with Crippen LogP contribution in [-0.2, 0) is 0 Å². The van der Waals surface area contributed by atoms with E-state index in [1.165, 1.54) is 31.3 Å². The number of carbonyl (C=O) groups excluding carboxylic acids is 1. The Morgan fingerprint density at radius 2 is 2.24 bits per heavy atom. The van der Waals surface area contributed by atoms with Crippen molar-refractivity contribution in [2.75, 3.05) is 25.0 Å². The molecule has 0 fully saturated rings. The van der Waals surface area contributed by atoms with E-state index in [0.29, 0.717) is 5.69 Å². The predicted octanol–water partition coefficient (Wildman–Crippen LogP) is 2.11. The number of hydrogen-bond donors (Lipinski definition) is 3. The second-order valence-electron chi connectivity index (χ2n) is 5.19. The summed E-state index contributed by atoms with van der Waals surface area (Å²) in [5, 5.41) is 14.6. The summed E-state index contributed by atoms with van der Waals surface area (Å²) in [5.41, 5.74) is 2.80. The number of nitrogens with zero attached hydrogens (tertiary/aromatic N) is 1. The van der Waals surface area contributed by atoms with Crippen LogP contribution in [0.5, 0.6) is 0 Å².